The monoisotopic (exact) mass is 502 g/mol. The van der Waals surface area contributed by atoms with Crippen LogP contribution in [0.4, 0.5) is 11.6 Å². The van der Waals surface area contributed by atoms with Crippen molar-refractivity contribution in [3.63, 3.8) is 0 Å². The Bertz CT molecular complexity index is 1140. The van der Waals surface area contributed by atoms with Crippen molar-refractivity contribution in [1.29, 1.82) is 0 Å². The molecule has 0 saturated carbocycles. The average Bonchev–Trinajstić information content (AvgIpc) is 3.29. The minimum atomic E-state index is -3.43. The number of benzene rings is 1. The van der Waals surface area contributed by atoms with Gasteiger partial charge in [-0.3, -0.25) is 9.59 Å². The molecule has 1 atom stereocenters. The molecule has 4 rings (SSSR count). The Morgan fingerprint density at radius 2 is 1.89 bits per heavy atom. The number of hydrogen-bond donors (Lipinski definition) is 1. The third-order valence-corrected chi connectivity index (χ3v) is 8.16. The van der Waals surface area contributed by atoms with E-state index in [1.165, 1.54) is 4.31 Å². The number of carbonyl (C=O) groups excluding carboxylic acids is 2. The summed E-state index contributed by atoms with van der Waals surface area (Å²) in [4.78, 5) is 37.0. The molecule has 1 unspecified atom stereocenters. The predicted molar refractivity (Wildman–Crippen MR) is 131 cm³/mol. The topological polar surface area (TPSA) is 125 Å². The van der Waals surface area contributed by atoms with Crippen molar-refractivity contribution in [2.24, 2.45) is 5.92 Å². The number of nitrogens with zero attached hydrogens (tertiary/aromatic N) is 5. The van der Waals surface area contributed by atoms with Crippen molar-refractivity contribution in [3.05, 3.63) is 42.7 Å². The van der Waals surface area contributed by atoms with E-state index in [4.69, 9.17) is 4.74 Å². The molecular formula is C23H30N6O5S. The quantitative estimate of drug-likeness (QED) is 0.492. The molecule has 2 amide bonds. The van der Waals surface area contributed by atoms with Crippen LogP contribution in [0.5, 0.6) is 5.75 Å². The van der Waals surface area contributed by atoms with Crippen molar-refractivity contribution in [3.8, 4) is 5.75 Å². The minimum Gasteiger partial charge on any atom is -0.497 e. The molecule has 12 heteroatoms. The van der Waals surface area contributed by atoms with Crippen molar-refractivity contribution < 1.29 is 22.7 Å². The summed E-state index contributed by atoms with van der Waals surface area (Å²) < 4.78 is 32.1. The molecule has 0 spiro atoms. The number of ether oxygens (including phenoxy) is 1. The van der Waals surface area contributed by atoms with E-state index in [0.717, 1.165) is 0 Å². The first-order valence-electron chi connectivity index (χ1n) is 11.6. The van der Waals surface area contributed by atoms with Gasteiger partial charge in [0.25, 0.3) is 0 Å². The number of methoxy groups -OCH3 is 1. The highest BCUT2D eigenvalue weighted by Gasteiger charge is 2.35. The number of aromatic nitrogens is 2. The predicted octanol–water partition coefficient (Wildman–Crippen LogP) is 0.496. The van der Waals surface area contributed by atoms with Crippen LogP contribution in [0.15, 0.2) is 42.7 Å². The lowest BCUT2D eigenvalue weighted by atomic mass is 10.1. The highest BCUT2D eigenvalue weighted by Crippen LogP contribution is 2.28. The summed E-state index contributed by atoms with van der Waals surface area (Å²) in [5.74, 6) is 0.355. The van der Waals surface area contributed by atoms with Crippen LogP contribution >= 0.6 is 0 Å². The van der Waals surface area contributed by atoms with Gasteiger partial charge in [-0.2, -0.15) is 4.31 Å². The number of anilines is 2. The van der Waals surface area contributed by atoms with Crippen molar-refractivity contribution >= 4 is 33.5 Å². The average molecular weight is 503 g/mol. The fourth-order valence-electron chi connectivity index (χ4n) is 4.27. The van der Waals surface area contributed by atoms with Gasteiger partial charge >= 0.3 is 0 Å². The molecule has 2 aromatic rings. The highest BCUT2D eigenvalue weighted by atomic mass is 32.2. The molecule has 2 fully saturated rings. The second-order valence-corrected chi connectivity index (χ2v) is 10.6. The van der Waals surface area contributed by atoms with Gasteiger partial charge in [-0.05, 0) is 24.6 Å². The zero-order chi connectivity index (χ0) is 24.8. The molecule has 11 nitrogen and oxygen atoms in total. The summed E-state index contributed by atoms with van der Waals surface area (Å²) in [5, 5.41) is 2.79. The second-order valence-electron chi connectivity index (χ2n) is 8.50. The molecule has 2 saturated heterocycles. The first kappa shape index (κ1) is 24.9. The van der Waals surface area contributed by atoms with E-state index in [-0.39, 0.29) is 37.1 Å². The van der Waals surface area contributed by atoms with Crippen LogP contribution in [0.2, 0.25) is 0 Å². The number of sulfonamides is 1. The molecule has 2 aliphatic heterocycles. The summed E-state index contributed by atoms with van der Waals surface area (Å²) in [7, 11) is -1.87. The van der Waals surface area contributed by atoms with E-state index < -0.39 is 15.9 Å². The van der Waals surface area contributed by atoms with E-state index >= 15 is 0 Å². The van der Waals surface area contributed by atoms with Gasteiger partial charge in [0.1, 0.15) is 5.75 Å². The fourth-order valence-corrected chi connectivity index (χ4v) is 5.76. The summed E-state index contributed by atoms with van der Waals surface area (Å²) in [6.07, 6.45) is 3.75. The Kier molecular flexibility index (Phi) is 7.81. The molecule has 0 aliphatic carbocycles. The Morgan fingerprint density at radius 3 is 2.60 bits per heavy atom. The van der Waals surface area contributed by atoms with Gasteiger partial charge in [-0.15, -0.1) is 0 Å². The van der Waals surface area contributed by atoms with Crippen molar-refractivity contribution in [2.75, 3.05) is 61.9 Å². The van der Waals surface area contributed by atoms with Crippen LogP contribution in [-0.2, 0) is 19.6 Å². The standard InChI is InChI=1S/C23H30N6O5S/c1-34-20-6-2-5-19(16-20)29-17-18(15-21(29)30)22(31)24-9-4-14-35(32,33)28-12-10-27(11-13-28)23-25-7-3-8-26-23/h2-3,5-8,16,18H,4,9-15,17H2,1H3,(H,24,31). The molecule has 1 aromatic carbocycles. The summed E-state index contributed by atoms with van der Waals surface area (Å²) >= 11 is 0. The summed E-state index contributed by atoms with van der Waals surface area (Å²) in [5.41, 5.74) is 0.690. The van der Waals surface area contributed by atoms with Gasteiger partial charge < -0.3 is 19.9 Å². The zero-order valence-electron chi connectivity index (χ0n) is 19.7. The Labute approximate surface area is 205 Å². The van der Waals surface area contributed by atoms with Gasteiger partial charge in [0, 0.05) is 69.8 Å². The van der Waals surface area contributed by atoms with Crippen LogP contribution in [0.25, 0.3) is 0 Å². The molecule has 188 valence electrons. The number of nitrogens with one attached hydrogen (secondary N) is 1. The molecule has 2 aliphatic rings. The molecule has 1 N–H and O–H groups in total. The molecule has 35 heavy (non-hydrogen) atoms. The molecule has 3 heterocycles. The van der Waals surface area contributed by atoms with Crippen LogP contribution < -0.4 is 19.9 Å². The molecule has 1 aromatic heterocycles. The minimum absolute atomic E-state index is 0.0470. The van der Waals surface area contributed by atoms with Crippen LogP contribution in [-0.4, -0.2) is 86.6 Å². The van der Waals surface area contributed by atoms with E-state index in [2.05, 4.69) is 15.3 Å². The maximum absolute atomic E-state index is 12.7. The number of carbonyl (C=O) groups is 2. The number of hydrogen-bond acceptors (Lipinski definition) is 8. The summed E-state index contributed by atoms with van der Waals surface area (Å²) in [6.45, 7) is 2.32. The number of rotatable bonds is 9. The van der Waals surface area contributed by atoms with Crippen LogP contribution in [0.3, 0.4) is 0 Å². The van der Waals surface area contributed by atoms with Crippen molar-refractivity contribution in [1.82, 2.24) is 19.6 Å². The normalized spacial score (nSPS) is 19.1. The third-order valence-electron chi connectivity index (χ3n) is 6.21. The lowest BCUT2D eigenvalue weighted by Crippen LogP contribution is -2.50. The molecular weight excluding hydrogens is 472 g/mol. The highest BCUT2D eigenvalue weighted by molar-refractivity contribution is 7.89. The van der Waals surface area contributed by atoms with Crippen LogP contribution in [0, 0.1) is 5.92 Å². The van der Waals surface area contributed by atoms with Gasteiger partial charge in [-0.25, -0.2) is 18.4 Å². The van der Waals surface area contributed by atoms with Gasteiger partial charge in [-0.1, -0.05) is 6.07 Å². The SMILES string of the molecule is COc1cccc(N2CC(C(=O)NCCCS(=O)(=O)N3CCN(c4ncccn4)CC3)CC2=O)c1. The van der Waals surface area contributed by atoms with Crippen molar-refractivity contribution in [2.45, 2.75) is 12.8 Å². The maximum atomic E-state index is 12.7. The number of piperazine rings is 1. The first-order chi connectivity index (χ1) is 16.9. The maximum Gasteiger partial charge on any atom is 0.227 e. The number of amides is 2. The van der Waals surface area contributed by atoms with E-state index in [0.29, 0.717) is 50.0 Å². The van der Waals surface area contributed by atoms with Gasteiger partial charge in [0.2, 0.25) is 27.8 Å². The lowest BCUT2D eigenvalue weighted by molar-refractivity contribution is -0.126. The smallest absolute Gasteiger partial charge is 0.227 e. The van der Waals surface area contributed by atoms with E-state index in [9.17, 15) is 18.0 Å². The third kappa shape index (κ3) is 6.06. The second kappa shape index (κ2) is 11.0. The molecule has 0 bridgehead atoms. The van der Waals surface area contributed by atoms with Gasteiger partial charge in [0.15, 0.2) is 0 Å². The first-order valence-corrected chi connectivity index (χ1v) is 13.2. The Hall–Kier alpha value is -3.25. The van der Waals surface area contributed by atoms with Gasteiger partial charge in [0.05, 0.1) is 18.8 Å². The Balaban J connectivity index is 1.20. The summed E-state index contributed by atoms with van der Waals surface area (Å²) in [6, 6.07) is 8.89. The zero-order valence-corrected chi connectivity index (χ0v) is 20.5. The Morgan fingerprint density at radius 1 is 1.14 bits per heavy atom. The van der Waals surface area contributed by atoms with E-state index in [1.54, 1.807) is 54.7 Å². The lowest BCUT2D eigenvalue weighted by Gasteiger charge is -2.33. The largest absolute Gasteiger partial charge is 0.497 e. The van der Waals surface area contributed by atoms with Crippen LogP contribution in [0.1, 0.15) is 12.8 Å². The molecule has 0 radical (unpaired) electrons. The fraction of sp³-hybridized carbons (Fsp3) is 0.478. The van der Waals surface area contributed by atoms with E-state index in [1.807, 2.05) is 4.90 Å².